The smallest absolute Gasteiger partial charge is 0.240 e. The van der Waals surface area contributed by atoms with E-state index in [9.17, 15) is 12.3 Å². The third-order valence-corrected chi connectivity index (χ3v) is 2.45. The predicted octanol–water partition coefficient (Wildman–Crippen LogP) is 0.993. The van der Waals surface area contributed by atoms with Crippen LogP contribution in [0.5, 0.6) is 0 Å². The minimum Gasteiger partial charge on any atom is -0.240 e. The van der Waals surface area contributed by atoms with Gasteiger partial charge in [-0.1, -0.05) is 0 Å². The van der Waals surface area contributed by atoms with Gasteiger partial charge in [-0.25, -0.2) is 4.52 Å². The summed E-state index contributed by atoms with van der Waals surface area (Å²) in [4.78, 5) is -0.385. The SMILES string of the molecule is O=S(=O)(F)c1ccc2ccnn2c1. The predicted molar refractivity (Wildman–Crippen MR) is 43.5 cm³/mol. The van der Waals surface area contributed by atoms with Crippen LogP contribution in [0.3, 0.4) is 0 Å². The molecule has 2 heterocycles. The standard InChI is InChI=1S/C7H5FN2O2S/c8-13(11,12)7-2-1-6-3-4-9-10(6)5-7/h1-5H. The van der Waals surface area contributed by atoms with E-state index in [1.54, 1.807) is 6.07 Å². The van der Waals surface area contributed by atoms with E-state index in [2.05, 4.69) is 5.10 Å². The number of aromatic nitrogens is 2. The van der Waals surface area contributed by atoms with Gasteiger partial charge in [-0.2, -0.15) is 13.5 Å². The van der Waals surface area contributed by atoms with Crippen molar-refractivity contribution in [3.63, 3.8) is 0 Å². The van der Waals surface area contributed by atoms with E-state index in [0.29, 0.717) is 5.52 Å². The van der Waals surface area contributed by atoms with Gasteiger partial charge in [0.05, 0.1) is 11.7 Å². The lowest BCUT2D eigenvalue weighted by molar-refractivity contribution is 0.551. The van der Waals surface area contributed by atoms with E-state index in [0.717, 1.165) is 6.20 Å². The molecule has 0 atom stereocenters. The Hall–Kier alpha value is -1.43. The summed E-state index contributed by atoms with van der Waals surface area (Å²) >= 11 is 0. The van der Waals surface area contributed by atoms with Gasteiger partial charge in [0.15, 0.2) is 0 Å². The molecule has 0 saturated carbocycles. The van der Waals surface area contributed by atoms with Crippen LogP contribution in [0.1, 0.15) is 0 Å². The molecule has 0 amide bonds. The molecule has 0 saturated heterocycles. The second kappa shape index (κ2) is 2.53. The second-order valence-corrected chi connectivity index (χ2v) is 3.85. The first-order valence-corrected chi connectivity index (χ1v) is 4.84. The summed E-state index contributed by atoms with van der Waals surface area (Å²) in [6, 6.07) is 4.38. The van der Waals surface area contributed by atoms with Crippen molar-refractivity contribution in [2.24, 2.45) is 0 Å². The molecule has 2 aromatic heterocycles. The second-order valence-electron chi connectivity index (χ2n) is 2.50. The van der Waals surface area contributed by atoms with Crippen LogP contribution >= 0.6 is 0 Å². The Morgan fingerprint density at radius 3 is 2.77 bits per heavy atom. The molecule has 2 aromatic rings. The zero-order valence-electron chi connectivity index (χ0n) is 6.38. The maximum Gasteiger partial charge on any atom is 0.333 e. The minimum absolute atomic E-state index is 0.385. The number of rotatable bonds is 1. The number of hydrogen-bond donors (Lipinski definition) is 0. The van der Waals surface area contributed by atoms with Crippen LogP contribution in [-0.4, -0.2) is 18.0 Å². The Balaban J connectivity index is 2.75. The number of hydrogen-bond acceptors (Lipinski definition) is 3. The van der Waals surface area contributed by atoms with Crippen LogP contribution in [0, 0.1) is 0 Å². The van der Waals surface area contributed by atoms with Crippen molar-refractivity contribution in [3.8, 4) is 0 Å². The number of halogens is 1. The van der Waals surface area contributed by atoms with E-state index < -0.39 is 10.2 Å². The van der Waals surface area contributed by atoms with Crippen molar-refractivity contribution in [1.82, 2.24) is 9.61 Å². The van der Waals surface area contributed by atoms with Crippen molar-refractivity contribution in [2.75, 3.05) is 0 Å². The van der Waals surface area contributed by atoms with Gasteiger partial charge in [-0.3, -0.25) is 0 Å². The van der Waals surface area contributed by atoms with E-state index in [1.165, 1.54) is 22.8 Å². The molecule has 6 heteroatoms. The summed E-state index contributed by atoms with van der Waals surface area (Å²) in [5.41, 5.74) is 0.715. The molecular formula is C7H5FN2O2S. The molecule has 0 aliphatic carbocycles. The highest BCUT2D eigenvalue weighted by Crippen LogP contribution is 2.12. The summed E-state index contributed by atoms with van der Waals surface area (Å²) in [6.45, 7) is 0. The molecule has 0 unspecified atom stereocenters. The highest BCUT2D eigenvalue weighted by atomic mass is 32.3. The normalized spacial score (nSPS) is 12.1. The van der Waals surface area contributed by atoms with E-state index >= 15 is 0 Å². The van der Waals surface area contributed by atoms with Crippen LogP contribution in [0.4, 0.5) is 3.89 Å². The van der Waals surface area contributed by atoms with E-state index in [-0.39, 0.29) is 4.90 Å². The first-order chi connectivity index (χ1) is 6.07. The molecule has 0 bridgehead atoms. The topological polar surface area (TPSA) is 51.4 Å². The maximum atomic E-state index is 12.5. The molecule has 13 heavy (non-hydrogen) atoms. The van der Waals surface area contributed by atoms with Crippen molar-refractivity contribution < 1.29 is 12.3 Å². The number of nitrogens with zero attached hydrogens (tertiary/aromatic N) is 2. The van der Waals surface area contributed by atoms with E-state index in [4.69, 9.17) is 0 Å². The Labute approximate surface area is 73.8 Å². The average molecular weight is 200 g/mol. The fourth-order valence-corrected chi connectivity index (χ4v) is 1.50. The molecule has 0 spiro atoms. The van der Waals surface area contributed by atoms with Crippen LogP contribution in [-0.2, 0) is 10.2 Å². The number of pyridine rings is 1. The van der Waals surface area contributed by atoms with Crippen molar-refractivity contribution in [2.45, 2.75) is 4.90 Å². The van der Waals surface area contributed by atoms with Gasteiger partial charge in [0, 0.05) is 6.20 Å². The summed E-state index contributed by atoms with van der Waals surface area (Å²) in [6.07, 6.45) is 2.63. The van der Waals surface area contributed by atoms with Gasteiger partial charge < -0.3 is 0 Å². The Morgan fingerprint density at radius 1 is 1.31 bits per heavy atom. The highest BCUT2D eigenvalue weighted by molar-refractivity contribution is 7.86. The summed E-state index contributed by atoms with van der Waals surface area (Å²) < 4.78 is 34.8. The van der Waals surface area contributed by atoms with Crippen molar-refractivity contribution >= 4 is 15.7 Å². The molecule has 0 aliphatic rings. The fraction of sp³-hybridized carbons (Fsp3) is 0. The summed E-state index contributed by atoms with van der Waals surface area (Å²) in [5, 5.41) is 3.78. The summed E-state index contributed by atoms with van der Waals surface area (Å²) in [7, 11) is -4.63. The lowest BCUT2D eigenvalue weighted by Gasteiger charge is -1.95. The number of fused-ring (bicyclic) bond motifs is 1. The Morgan fingerprint density at radius 2 is 2.08 bits per heavy atom. The largest absolute Gasteiger partial charge is 0.333 e. The van der Waals surface area contributed by atoms with Crippen molar-refractivity contribution in [1.29, 1.82) is 0 Å². The van der Waals surface area contributed by atoms with Gasteiger partial charge in [-0.15, -0.1) is 3.89 Å². The van der Waals surface area contributed by atoms with Crippen LogP contribution < -0.4 is 0 Å². The zero-order chi connectivity index (χ0) is 9.47. The first-order valence-electron chi connectivity index (χ1n) is 3.45. The van der Waals surface area contributed by atoms with Gasteiger partial charge in [0.25, 0.3) is 0 Å². The molecule has 68 valence electrons. The first kappa shape index (κ1) is 8.18. The van der Waals surface area contributed by atoms with Crippen LogP contribution in [0.2, 0.25) is 0 Å². The molecular weight excluding hydrogens is 195 g/mol. The minimum atomic E-state index is -4.63. The Bertz CT molecular complexity index is 546. The van der Waals surface area contributed by atoms with Gasteiger partial charge in [0.1, 0.15) is 4.90 Å². The molecule has 0 fully saturated rings. The quantitative estimate of drug-likeness (QED) is 0.645. The van der Waals surface area contributed by atoms with Gasteiger partial charge >= 0.3 is 10.2 Å². The van der Waals surface area contributed by atoms with Crippen LogP contribution in [0.25, 0.3) is 5.52 Å². The lowest BCUT2D eigenvalue weighted by atomic mass is 10.4. The third kappa shape index (κ3) is 1.40. The molecule has 0 radical (unpaired) electrons. The van der Waals surface area contributed by atoms with E-state index in [1.807, 2.05) is 0 Å². The van der Waals surface area contributed by atoms with Crippen molar-refractivity contribution in [3.05, 3.63) is 30.6 Å². The third-order valence-electron chi connectivity index (χ3n) is 1.65. The monoisotopic (exact) mass is 200 g/mol. The van der Waals surface area contributed by atoms with Gasteiger partial charge in [0.2, 0.25) is 0 Å². The maximum absolute atomic E-state index is 12.5. The molecule has 0 N–H and O–H groups in total. The lowest BCUT2D eigenvalue weighted by Crippen LogP contribution is -1.95. The molecule has 2 rings (SSSR count). The highest BCUT2D eigenvalue weighted by Gasteiger charge is 2.11. The zero-order valence-corrected chi connectivity index (χ0v) is 7.20. The Kier molecular flexibility index (Phi) is 1.59. The van der Waals surface area contributed by atoms with Gasteiger partial charge in [-0.05, 0) is 18.2 Å². The van der Waals surface area contributed by atoms with Crippen LogP contribution in [0.15, 0.2) is 35.5 Å². The molecule has 0 aromatic carbocycles. The molecule has 0 aliphatic heterocycles. The average Bonchev–Trinajstić information content (AvgIpc) is 2.47. The molecule has 4 nitrogen and oxygen atoms in total. The summed E-state index contributed by atoms with van der Waals surface area (Å²) in [5.74, 6) is 0. The fourth-order valence-electron chi connectivity index (χ4n) is 1.04.